The maximum Gasteiger partial charge on any atom is 0.303 e. The van der Waals surface area contributed by atoms with Crippen molar-refractivity contribution < 1.29 is 9.90 Å². The summed E-state index contributed by atoms with van der Waals surface area (Å²) < 4.78 is 2.10. The Balaban J connectivity index is 1.20. The first-order valence-electron chi connectivity index (χ1n) is 15.7. The SMILES string of the molecule is CC1CCC2CC(n3c(=O)c(N4CC(CC(=O)O)C4)nc4ccccc43)CC1N2C1CC2CCCCC(C2)C1. The summed E-state index contributed by atoms with van der Waals surface area (Å²) in [6.07, 6.45) is 14.7. The van der Waals surface area contributed by atoms with E-state index in [0.29, 0.717) is 36.9 Å². The van der Waals surface area contributed by atoms with Crippen LogP contribution in [-0.2, 0) is 4.79 Å². The molecule has 39 heavy (non-hydrogen) atoms. The molecule has 0 radical (unpaired) electrons. The van der Waals surface area contributed by atoms with Gasteiger partial charge in [0.05, 0.1) is 17.5 Å². The number of carboxylic acid groups (broad SMARTS) is 1. The van der Waals surface area contributed by atoms with E-state index in [0.717, 1.165) is 41.8 Å². The van der Waals surface area contributed by atoms with E-state index in [1.54, 1.807) is 0 Å². The molecule has 2 saturated carbocycles. The zero-order valence-corrected chi connectivity index (χ0v) is 23.4. The molecule has 5 aliphatic rings. The Morgan fingerprint density at radius 2 is 1.67 bits per heavy atom. The maximum absolute atomic E-state index is 14.1. The van der Waals surface area contributed by atoms with Crippen molar-refractivity contribution in [2.75, 3.05) is 18.0 Å². The molecule has 1 aromatic carbocycles. The van der Waals surface area contributed by atoms with E-state index in [4.69, 9.17) is 4.98 Å². The molecule has 7 heteroatoms. The second-order valence-electron chi connectivity index (χ2n) is 13.7. The summed E-state index contributed by atoms with van der Waals surface area (Å²) >= 11 is 0. The van der Waals surface area contributed by atoms with Gasteiger partial charge in [-0.25, -0.2) is 4.98 Å². The van der Waals surface area contributed by atoms with Gasteiger partial charge >= 0.3 is 5.97 Å². The number of anilines is 1. The summed E-state index contributed by atoms with van der Waals surface area (Å²) in [5, 5.41) is 9.19. The highest BCUT2D eigenvalue weighted by atomic mass is 16.4. The van der Waals surface area contributed by atoms with Crippen LogP contribution in [0.5, 0.6) is 0 Å². The molecule has 4 heterocycles. The van der Waals surface area contributed by atoms with Crippen LogP contribution in [0.25, 0.3) is 11.0 Å². The van der Waals surface area contributed by atoms with E-state index in [-0.39, 0.29) is 23.9 Å². The van der Waals surface area contributed by atoms with E-state index in [9.17, 15) is 14.7 Å². The first-order chi connectivity index (χ1) is 18.9. The number of piperidine rings is 2. The predicted molar refractivity (Wildman–Crippen MR) is 153 cm³/mol. The van der Waals surface area contributed by atoms with Crippen LogP contribution in [0, 0.1) is 23.7 Å². The molecule has 6 atom stereocenters. The Kier molecular flexibility index (Phi) is 6.69. The van der Waals surface area contributed by atoms with Gasteiger partial charge in [-0.15, -0.1) is 0 Å². The first-order valence-corrected chi connectivity index (χ1v) is 15.7. The molecule has 3 saturated heterocycles. The summed E-state index contributed by atoms with van der Waals surface area (Å²) in [7, 11) is 0. The third-order valence-corrected chi connectivity index (χ3v) is 11.1. The maximum atomic E-state index is 14.1. The van der Waals surface area contributed by atoms with Gasteiger partial charge in [0.1, 0.15) is 0 Å². The topological polar surface area (TPSA) is 78.7 Å². The van der Waals surface area contributed by atoms with Crippen molar-refractivity contribution in [3.8, 4) is 0 Å². The van der Waals surface area contributed by atoms with Gasteiger partial charge in [-0.3, -0.25) is 14.5 Å². The van der Waals surface area contributed by atoms with Crippen molar-refractivity contribution in [1.82, 2.24) is 14.5 Å². The Hall–Kier alpha value is -2.41. The fraction of sp³-hybridized carbons (Fsp3) is 0.719. The quantitative estimate of drug-likeness (QED) is 0.550. The number of rotatable bonds is 5. The monoisotopic (exact) mass is 532 g/mol. The van der Waals surface area contributed by atoms with Gasteiger partial charge in [0.25, 0.3) is 5.56 Å². The molecule has 3 aliphatic heterocycles. The van der Waals surface area contributed by atoms with Crippen LogP contribution in [-0.4, -0.2) is 56.7 Å². The summed E-state index contributed by atoms with van der Waals surface area (Å²) in [5.74, 6) is 2.32. The second kappa shape index (κ2) is 10.2. The van der Waals surface area contributed by atoms with E-state index in [1.165, 1.54) is 57.8 Å². The Bertz CT molecular complexity index is 1270. The number of aliphatic carboxylic acids is 1. The van der Waals surface area contributed by atoms with Crippen molar-refractivity contribution in [2.24, 2.45) is 23.7 Å². The number of hydrogen-bond donors (Lipinski definition) is 1. The Labute approximate surface area is 231 Å². The summed E-state index contributed by atoms with van der Waals surface area (Å²) in [6, 6.07) is 10.1. The third kappa shape index (κ3) is 4.68. The highest BCUT2D eigenvalue weighted by molar-refractivity contribution is 5.77. The molecule has 7 nitrogen and oxygen atoms in total. The van der Waals surface area contributed by atoms with Gasteiger partial charge in [0.15, 0.2) is 5.82 Å². The molecular weight excluding hydrogens is 488 g/mol. The number of para-hydroxylation sites is 2. The highest BCUT2D eigenvalue weighted by Crippen LogP contribution is 2.48. The van der Waals surface area contributed by atoms with Crippen LogP contribution in [0.3, 0.4) is 0 Å². The molecule has 6 unspecified atom stereocenters. The van der Waals surface area contributed by atoms with Gasteiger partial charge in [0.2, 0.25) is 0 Å². The molecule has 7 rings (SSSR count). The molecule has 5 fully saturated rings. The lowest BCUT2D eigenvalue weighted by Crippen LogP contribution is -2.61. The van der Waals surface area contributed by atoms with Crippen LogP contribution in [0.1, 0.15) is 90.0 Å². The fourth-order valence-electron chi connectivity index (χ4n) is 9.36. The molecule has 0 spiro atoms. The molecular formula is C32H44N4O3. The van der Waals surface area contributed by atoms with Crippen molar-refractivity contribution in [3.63, 3.8) is 0 Å². The lowest BCUT2D eigenvalue weighted by Gasteiger charge is -2.56. The summed E-state index contributed by atoms with van der Waals surface area (Å²) in [6.45, 7) is 3.64. The van der Waals surface area contributed by atoms with Crippen LogP contribution in [0.2, 0.25) is 0 Å². The summed E-state index contributed by atoms with van der Waals surface area (Å²) in [5.41, 5.74) is 1.82. The van der Waals surface area contributed by atoms with Crippen LogP contribution < -0.4 is 10.5 Å². The predicted octanol–water partition coefficient (Wildman–Crippen LogP) is 5.47. The van der Waals surface area contributed by atoms with Gasteiger partial charge in [-0.05, 0) is 74.8 Å². The number of carboxylic acids is 1. The minimum atomic E-state index is -0.770. The van der Waals surface area contributed by atoms with Crippen LogP contribution >= 0.6 is 0 Å². The van der Waals surface area contributed by atoms with E-state index in [1.807, 2.05) is 23.1 Å². The second-order valence-corrected chi connectivity index (χ2v) is 13.7. The fourth-order valence-corrected chi connectivity index (χ4v) is 9.36. The Morgan fingerprint density at radius 1 is 0.923 bits per heavy atom. The first kappa shape index (κ1) is 25.6. The largest absolute Gasteiger partial charge is 0.481 e. The van der Waals surface area contributed by atoms with E-state index < -0.39 is 5.97 Å². The minimum absolute atomic E-state index is 0.00957. The molecule has 2 aromatic rings. The molecule has 2 aliphatic carbocycles. The third-order valence-electron chi connectivity index (χ3n) is 11.1. The standard InChI is InChI=1S/C32H44N4O3/c1-20-10-11-24-16-26(17-29(20)35(24)25-13-21-6-2-3-7-22(12-21)14-25)36-28-9-5-4-8-27(28)33-31(32(36)39)34-18-23(19-34)15-30(37)38/h4-5,8-9,20-26,29H,2-3,6-7,10-19H2,1H3,(H,37,38). The van der Waals surface area contributed by atoms with Gasteiger partial charge in [-0.1, -0.05) is 44.7 Å². The molecule has 1 N–H and O–H groups in total. The minimum Gasteiger partial charge on any atom is -0.481 e. The average Bonchev–Trinajstić information content (AvgIpc) is 3.06. The molecule has 1 aromatic heterocycles. The zero-order valence-electron chi connectivity index (χ0n) is 23.4. The van der Waals surface area contributed by atoms with Gasteiger partial charge < -0.3 is 14.6 Å². The molecule has 210 valence electrons. The van der Waals surface area contributed by atoms with Gasteiger partial charge in [-0.2, -0.15) is 0 Å². The van der Waals surface area contributed by atoms with Crippen molar-refractivity contribution in [1.29, 1.82) is 0 Å². The van der Waals surface area contributed by atoms with Crippen molar-refractivity contribution >= 4 is 22.8 Å². The summed E-state index contributed by atoms with van der Waals surface area (Å²) in [4.78, 5) is 35.1. The normalized spacial score (nSPS) is 35.4. The number of fused-ring (bicyclic) bond motifs is 5. The van der Waals surface area contributed by atoms with E-state index in [2.05, 4.69) is 22.5 Å². The lowest BCUT2D eigenvalue weighted by molar-refractivity contribution is -0.138. The smallest absolute Gasteiger partial charge is 0.303 e. The Morgan fingerprint density at radius 3 is 2.41 bits per heavy atom. The number of carbonyl (C=O) groups is 1. The molecule has 4 bridgehead atoms. The lowest BCUT2D eigenvalue weighted by atomic mass is 9.71. The average molecular weight is 533 g/mol. The van der Waals surface area contributed by atoms with Gasteiger partial charge in [0, 0.05) is 43.2 Å². The number of nitrogens with zero attached hydrogens (tertiary/aromatic N) is 4. The zero-order chi connectivity index (χ0) is 26.7. The highest BCUT2D eigenvalue weighted by Gasteiger charge is 2.47. The number of hydrogen-bond acceptors (Lipinski definition) is 5. The van der Waals surface area contributed by atoms with Crippen LogP contribution in [0.15, 0.2) is 29.1 Å². The van der Waals surface area contributed by atoms with Crippen LogP contribution in [0.4, 0.5) is 5.82 Å². The van der Waals surface area contributed by atoms with Crippen molar-refractivity contribution in [3.05, 3.63) is 34.6 Å². The number of benzene rings is 1. The van der Waals surface area contributed by atoms with E-state index >= 15 is 0 Å². The number of aromatic nitrogens is 2. The van der Waals surface area contributed by atoms with Crippen molar-refractivity contribution in [2.45, 2.75) is 108 Å². The molecule has 0 amide bonds.